The van der Waals surface area contributed by atoms with Crippen molar-refractivity contribution in [2.75, 3.05) is 38.0 Å². The Balaban J connectivity index is 1.22. The van der Waals surface area contributed by atoms with Crippen molar-refractivity contribution in [3.8, 4) is 11.3 Å². The van der Waals surface area contributed by atoms with Gasteiger partial charge in [-0.3, -0.25) is 4.90 Å². The van der Waals surface area contributed by atoms with E-state index in [1.807, 2.05) is 24.4 Å². The minimum absolute atomic E-state index is 0.119. The van der Waals surface area contributed by atoms with E-state index < -0.39 is 12.5 Å². The number of hydrogen-bond donors (Lipinski definition) is 1. The van der Waals surface area contributed by atoms with E-state index >= 15 is 0 Å². The van der Waals surface area contributed by atoms with Crippen molar-refractivity contribution in [1.29, 1.82) is 0 Å². The summed E-state index contributed by atoms with van der Waals surface area (Å²) in [5.74, 6) is 1.20. The number of rotatable bonds is 7. The van der Waals surface area contributed by atoms with Crippen molar-refractivity contribution >= 4 is 22.8 Å². The summed E-state index contributed by atoms with van der Waals surface area (Å²) >= 11 is 0. The van der Waals surface area contributed by atoms with Crippen molar-refractivity contribution in [2.24, 2.45) is 0 Å². The molecule has 6 rings (SSSR count). The summed E-state index contributed by atoms with van der Waals surface area (Å²) in [6, 6.07) is 7.43. The van der Waals surface area contributed by atoms with Gasteiger partial charge in [0.2, 0.25) is 5.95 Å². The number of alkyl halides is 1. The van der Waals surface area contributed by atoms with Crippen LogP contribution in [0.1, 0.15) is 36.7 Å². The topological polar surface area (TPSA) is 75.0 Å². The average molecular weight is 519 g/mol. The van der Waals surface area contributed by atoms with Gasteiger partial charge in [-0.25, -0.2) is 28.7 Å². The number of pyridine rings is 1. The van der Waals surface area contributed by atoms with Gasteiger partial charge in [0.1, 0.15) is 24.0 Å². The number of aryl methyl sites for hydroxylation is 2. The van der Waals surface area contributed by atoms with Crippen LogP contribution in [0.4, 0.5) is 20.5 Å². The lowest BCUT2D eigenvalue weighted by molar-refractivity contribution is 0.132. The number of imidazole rings is 1. The van der Waals surface area contributed by atoms with Crippen molar-refractivity contribution in [2.45, 2.75) is 46.0 Å². The van der Waals surface area contributed by atoms with Crippen molar-refractivity contribution < 1.29 is 8.78 Å². The quantitative estimate of drug-likeness (QED) is 0.380. The first-order valence-corrected chi connectivity index (χ1v) is 13.4. The standard InChI is InChI=1S/C28H32F2N8/c1-2-36-9-11-37(12-10-36)18-19-6-7-24(31-16-19)33-28-32-17-22(30)26(35-28)20-13-21(15-29)27-23(14-20)38-8-4-3-5-25(38)34-27/h6-7,13-14,16-17H,2-5,8-12,15,18H2,1H3,(H,31,32,33,35). The summed E-state index contributed by atoms with van der Waals surface area (Å²) in [5, 5.41) is 3.08. The zero-order valence-electron chi connectivity index (χ0n) is 21.6. The van der Waals surface area contributed by atoms with Gasteiger partial charge in [-0.2, -0.15) is 0 Å². The minimum Gasteiger partial charge on any atom is -0.328 e. The van der Waals surface area contributed by atoms with Crippen LogP contribution in [0.5, 0.6) is 0 Å². The van der Waals surface area contributed by atoms with Crippen molar-refractivity contribution in [1.82, 2.24) is 34.3 Å². The lowest BCUT2D eigenvalue weighted by atomic mass is 10.1. The maximum Gasteiger partial charge on any atom is 0.229 e. The summed E-state index contributed by atoms with van der Waals surface area (Å²) in [6.45, 7) is 8.61. The van der Waals surface area contributed by atoms with Gasteiger partial charge >= 0.3 is 0 Å². The van der Waals surface area contributed by atoms with E-state index in [0.29, 0.717) is 22.5 Å². The normalized spacial score (nSPS) is 16.6. The Hall–Kier alpha value is -3.50. The van der Waals surface area contributed by atoms with Gasteiger partial charge in [0, 0.05) is 63.0 Å². The highest BCUT2D eigenvalue weighted by Gasteiger charge is 2.20. The Kier molecular flexibility index (Phi) is 6.99. The number of nitrogens with one attached hydrogen (secondary N) is 1. The maximum atomic E-state index is 14.9. The van der Waals surface area contributed by atoms with E-state index in [2.05, 4.69) is 46.5 Å². The molecule has 1 fully saturated rings. The van der Waals surface area contributed by atoms with Crippen LogP contribution in [0, 0.1) is 5.82 Å². The zero-order valence-corrected chi connectivity index (χ0v) is 21.6. The van der Waals surface area contributed by atoms with Gasteiger partial charge in [0.05, 0.1) is 17.2 Å². The molecule has 0 aliphatic carbocycles. The lowest BCUT2D eigenvalue weighted by Crippen LogP contribution is -2.45. The first kappa shape index (κ1) is 24.8. The molecule has 0 bridgehead atoms. The molecule has 0 unspecified atom stereocenters. The maximum absolute atomic E-state index is 14.9. The molecule has 3 aromatic heterocycles. The highest BCUT2D eigenvalue weighted by molar-refractivity contribution is 5.85. The third-order valence-corrected chi connectivity index (χ3v) is 7.59. The molecule has 0 atom stereocenters. The molecule has 0 radical (unpaired) electrons. The van der Waals surface area contributed by atoms with Crippen LogP contribution in [0.25, 0.3) is 22.3 Å². The fourth-order valence-corrected chi connectivity index (χ4v) is 5.43. The molecule has 2 aliphatic rings. The van der Waals surface area contributed by atoms with Crippen LogP contribution >= 0.6 is 0 Å². The Morgan fingerprint density at radius 1 is 0.947 bits per heavy atom. The lowest BCUT2D eigenvalue weighted by Gasteiger charge is -2.33. The minimum atomic E-state index is -0.677. The molecule has 4 aromatic rings. The van der Waals surface area contributed by atoms with Crippen LogP contribution in [0.3, 0.4) is 0 Å². The largest absolute Gasteiger partial charge is 0.328 e. The molecule has 1 saturated heterocycles. The first-order chi connectivity index (χ1) is 18.6. The van der Waals surface area contributed by atoms with Crippen LogP contribution < -0.4 is 5.32 Å². The molecule has 5 heterocycles. The molecule has 0 spiro atoms. The number of fused-ring (bicyclic) bond motifs is 3. The number of nitrogens with zero attached hydrogens (tertiary/aromatic N) is 7. The molecule has 2 aliphatic heterocycles. The third kappa shape index (κ3) is 4.98. The van der Waals surface area contributed by atoms with Gasteiger partial charge in [-0.15, -0.1) is 0 Å². The number of aromatic nitrogens is 5. The second-order valence-corrected chi connectivity index (χ2v) is 10.1. The molecule has 198 valence electrons. The number of benzene rings is 1. The fraction of sp³-hybridized carbons (Fsp3) is 0.429. The summed E-state index contributed by atoms with van der Waals surface area (Å²) in [6.07, 6.45) is 5.98. The van der Waals surface area contributed by atoms with Crippen LogP contribution in [-0.4, -0.2) is 67.0 Å². The third-order valence-electron chi connectivity index (χ3n) is 7.59. The summed E-state index contributed by atoms with van der Waals surface area (Å²) in [4.78, 5) is 22.7. The molecule has 38 heavy (non-hydrogen) atoms. The highest BCUT2D eigenvalue weighted by Crippen LogP contribution is 2.32. The van der Waals surface area contributed by atoms with E-state index in [4.69, 9.17) is 0 Å². The summed E-state index contributed by atoms with van der Waals surface area (Å²) in [5.41, 5.74) is 3.68. The van der Waals surface area contributed by atoms with Crippen LogP contribution in [0.2, 0.25) is 0 Å². The number of piperazine rings is 1. The second-order valence-electron chi connectivity index (χ2n) is 10.1. The van der Waals surface area contributed by atoms with Crippen LogP contribution in [0.15, 0.2) is 36.7 Å². The Bertz CT molecular complexity index is 1430. The molecular formula is C28H32F2N8. The average Bonchev–Trinajstić information content (AvgIpc) is 3.34. The molecule has 8 nitrogen and oxygen atoms in total. The predicted octanol–water partition coefficient (Wildman–Crippen LogP) is 4.71. The van der Waals surface area contributed by atoms with E-state index in [-0.39, 0.29) is 11.6 Å². The number of anilines is 2. The smallest absolute Gasteiger partial charge is 0.229 e. The van der Waals surface area contributed by atoms with E-state index in [1.165, 1.54) is 0 Å². The Morgan fingerprint density at radius 2 is 1.79 bits per heavy atom. The van der Waals surface area contributed by atoms with Gasteiger partial charge < -0.3 is 14.8 Å². The Morgan fingerprint density at radius 3 is 2.55 bits per heavy atom. The number of likely N-dealkylation sites (N-methyl/N-ethyl adjacent to an activating group) is 1. The van der Waals surface area contributed by atoms with Gasteiger partial charge in [-0.1, -0.05) is 13.0 Å². The molecule has 1 aromatic carbocycles. The second kappa shape index (κ2) is 10.7. The summed E-state index contributed by atoms with van der Waals surface area (Å²) < 4.78 is 31.0. The number of halogens is 2. The molecular weight excluding hydrogens is 486 g/mol. The van der Waals surface area contributed by atoms with Gasteiger partial charge in [0.25, 0.3) is 0 Å². The fourth-order valence-electron chi connectivity index (χ4n) is 5.43. The molecule has 0 amide bonds. The van der Waals surface area contributed by atoms with E-state index in [0.717, 1.165) is 88.2 Å². The van der Waals surface area contributed by atoms with Gasteiger partial charge in [0.15, 0.2) is 5.82 Å². The van der Waals surface area contributed by atoms with Crippen molar-refractivity contribution in [3.63, 3.8) is 0 Å². The molecule has 0 saturated carbocycles. The number of hydrogen-bond acceptors (Lipinski definition) is 7. The molecule has 1 N–H and O–H groups in total. The first-order valence-electron chi connectivity index (χ1n) is 13.4. The van der Waals surface area contributed by atoms with E-state index in [9.17, 15) is 8.78 Å². The van der Waals surface area contributed by atoms with Gasteiger partial charge in [-0.05, 0) is 43.1 Å². The predicted molar refractivity (Wildman–Crippen MR) is 143 cm³/mol. The van der Waals surface area contributed by atoms with Crippen LogP contribution in [-0.2, 0) is 26.2 Å². The Labute approximate surface area is 220 Å². The highest BCUT2D eigenvalue weighted by atomic mass is 19.1. The van der Waals surface area contributed by atoms with Crippen molar-refractivity contribution in [3.05, 3.63) is 59.4 Å². The monoisotopic (exact) mass is 518 g/mol. The SMILES string of the molecule is CCN1CCN(Cc2ccc(Nc3ncc(F)c(-c4cc(CF)c5nc6n(c5c4)CCCC6)n3)nc2)CC1. The molecule has 10 heteroatoms. The zero-order chi connectivity index (χ0) is 26.1. The van der Waals surface area contributed by atoms with E-state index in [1.54, 1.807) is 6.07 Å². The summed E-state index contributed by atoms with van der Waals surface area (Å²) in [7, 11) is 0.